The van der Waals surface area contributed by atoms with E-state index in [1.807, 2.05) is 12.1 Å². The molecule has 1 unspecified atom stereocenters. The molecule has 3 aromatic rings. The maximum absolute atomic E-state index is 13.3. The third kappa shape index (κ3) is 5.70. The Hall–Kier alpha value is -2.81. The third-order valence-corrected chi connectivity index (χ3v) is 6.07. The lowest BCUT2D eigenvalue weighted by atomic mass is 9.97. The maximum atomic E-state index is 13.3. The van der Waals surface area contributed by atoms with Crippen LogP contribution in [0.4, 0.5) is 17.6 Å². The number of nitrogens with zero attached hydrogens (tertiary/aromatic N) is 1. The van der Waals surface area contributed by atoms with Crippen molar-refractivity contribution in [3.8, 4) is 11.3 Å². The summed E-state index contributed by atoms with van der Waals surface area (Å²) in [5.74, 6) is -0.0930. The number of hydrogen-bond acceptors (Lipinski definition) is 5. The van der Waals surface area contributed by atoms with Crippen molar-refractivity contribution < 1.29 is 31.6 Å². The molecular formula is C23H21F4NO3S. The van der Waals surface area contributed by atoms with Crippen LogP contribution in [0.5, 0.6) is 0 Å². The van der Waals surface area contributed by atoms with Gasteiger partial charge in [-0.3, -0.25) is 9.18 Å². The monoisotopic (exact) mass is 467 g/mol. The van der Waals surface area contributed by atoms with Crippen molar-refractivity contribution in [2.24, 2.45) is 0 Å². The minimum atomic E-state index is -4.39. The van der Waals surface area contributed by atoms with Crippen molar-refractivity contribution in [2.45, 2.75) is 36.1 Å². The van der Waals surface area contributed by atoms with Crippen LogP contribution in [0.2, 0.25) is 0 Å². The first kappa shape index (κ1) is 23.8. The van der Waals surface area contributed by atoms with Crippen LogP contribution in [0.1, 0.15) is 34.7 Å². The number of alkyl halides is 4. The molecule has 0 aliphatic heterocycles. The average Bonchev–Trinajstić information content (AvgIpc) is 3.16. The summed E-state index contributed by atoms with van der Waals surface area (Å²) in [7, 11) is 1.27. The number of carbonyl (C=O) groups is 1. The fourth-order valence-corrected chi connectivity index (χ4v) is 4.02. The molecule has 0 amide bonds. The van der Waals surface area contributed by atoms with Gasteiger partial charge in [-0.05, 0) is 36.8 Å². The highest BCUT2D eigenvalue weighted by molar-refractivity contribution is 7.98. The number of esters is 1. The summed E-state index contributed by atoms with van der Waals surface area (Å²) in [6.45, 7) is 1.15. The molecule has 1 heterocycles. The molecule has 32 heavy (non-hydrogen) atoms. The van der Waals surface area contributed by atoms with Gasteiger partial charge in [-0.2, -0.15) is 13.2 Å². The Labute approximate surface area is 186 Å². The number of ether oxygens (including phenoxy) is 1. The van der Waals surface area contributed by atoms with E-state index in [2.05, 4.69) is 9.89 Å². The van der Waals surface area contributed by atoms with Gasteiger partial charge in [0.05, 0.1) is 31.5 Å². The fourth-order valence-electron chi connectivity index (χ4n) is 3.12. The van der Waals surface area contributed by atoms with Crippen LogP contribution in [0.15, 0.2) is 57.9 Å². The van der Waals surface area contributed by atoms with Gasteiger partial charge in [0.1, 0.15) is 0 Å². The van der Waals surface area contributed by atoms with Crippen molar-refractivity contribution in [1.82, 2.24) is 5.16 Å². The Bertz CT molecular complexity index is 1050. The van der Waals surface area contributed by atoms with Crippen LogP contribution < -0.4 is 0 Å². The number of thioether (sulfide) groups is 1. The SMILES string of the molecule is COC(=O)CC(CF)c1ccc(SCc2noc(-c3ccc(C(F)(F)F)cc3)c2C)cc1. The van der Waals surface area contributed by atoms with Crippen LogP contribution in [-0.4, -0.2) is 24.9 Å². The molecule has 9 heteroatoms. The smallest absolute Gasteiger partial charge is 0.416 e. The minimum absolute atomic E-state index is 0.0235. The standard InChI is InChI=1S/C23H21F4NO3S/c1-14-20(28-31-22(14)16-3-7-18(8-4-16)23(25,26)27)13-32-19-9-5-15(6-10-19)17(12-24)11-21(29)30-2/h3-10,17H,11-13H2,1-2H3. The summed E-state index contributed by atoms with van der Waals surface area (Å²) in [4.78, 5) is 12.3. The number of benzene rings is 2. The van der Waals surface area contributed by atoms with Crippen molar-refractivity contribution >= 4 is 17.7 Å². The Morgan fingerprint density at radius 2 is 1.78 bits per heavy atom. The van der Waals surface area contributed by atoms with Crippen LogP contribution in [0.3, 0.4) is 0 Å². The number of rotatable bonds is 8. The highest BCUT2D eigenvalue weighted by atomic mass is 32.2. The van der Waals surface area contributed by atoms with Gasteiger partial charge in [-0.15, -0.1) is 11.8 Å². The number of carbonyl (C=O) groups excluding carboxylic acids is 1. The molecule has 0 radical (unpaired) electrons. The molecule has 0 aliphatic rings. The van der Waals surface area contributed by atoms with Crippen molar-refractivity contribution in [3.63, 3.8) is 0 Å². The van der Waals surface area contributed by atoms with E-state index in [1.54, 1.807) is 19.1 Å². The molecule has 4 nitrogen and oxygen atoms in total. The largest absolute Gasteiger partial charge is 0.469 e. The van der Waals surface area contributed by atoms with E-state index in [9.17, 15) is 22.4 Å². The molecule has 1 atom stereocenters. The summed E-state index contributed by atoms with van der Waals surface area (Å²) in [6.07, 6.45) is -4.42. The summed E-state index contributed by atoms with van der Waals surface area (Å²) in [5, 5.41) is 4.06. The summed E-state index contributed by atoms with van der Waals surface area (Å²) in [5.41, 5.74) is 1.95. The van der Waals surface area contributed by atoms with Gasteiger partial charge in [0.25, 0.3) is 0 Å². The van der Waals surface area contributed by atoms with Crippen LogP contribution in [-0.2, 0) is 21.5 Å². The minimum Gasteiger partial charge on any atom is -0.469 e. The Kier molecular flexibility index (Phi) is 7.60. The summed E-state index contributed by atoms with van der Waals surface area (Å²) < 4.78 is 61.5. The number of methoxy groups -OCH3 is 1. The quantitative estimate of drug-likeness (QED) is 0.213. The van der Waals surface area contributed by atoms with Gasteiger partial charge in [-0.25, -0.2) is 0 Å². The first-order valence-electron chi connectivity index (χ1n) is 9.71. The lowest BCUT2D eigenvalue weighted by molar-refractivity contribution is -0.141. The summed E-state index contributed by atoms with van der Waals surface area (Å²) in [6, 6.07) is 12.0. The highest BCUT2D eigenvalue weighted by Crippen LogP contribution is 2.34. The normalized spacial score (nSPS) is 12.6. The summed E-state index contributed by atoms with van der Waals surface area (Å²) >= 11 is 1.49. The maximum Gasteiger partial charge on any atom is 0.416 e. The molecule has 2 aromatic carbocycles. The average molecular weight is 467 g/mol. The zero-order valence-electron chi connectivity index (χ0n) is 17.4. The lowest BCUT2D eigenvalue weighted by Crippen LogP contribution is -2.10. The van der Waals surface area contributed by atoms with E-state index in [0.717, 1.165) is 22.6 Å². The predicted molar refractivity (Wildman–Crippen MR) is 113 cm³/mol. The van der Waals surface area contributed by atoms with Crippen molar-refractivity contribution in [1.29, 1.82) is 0 Å². The molecule has 0 saturated carbocycles. The zero-order valence-corrected chi connectivity index (χ0v) is 18.2. The van der Waals surface area contributed by atoms with Gasteiger partial charge in [0.2, 0.25) is 0 Å². The third-order valence-electron chi connectivity index (χ3n) is 5.05. The zero-order chi connectivity index (χ0) is 23.3. The van der Waals surface area contributed by atoms with E-state index >= 15 is 0 Å². The molecule has 0 spiro atoms. The van der Waals surface area contributed by atoms with Gasteiger partial charge in [0.15, 0.2) is 5.76 Å². The molecular weight excluding hydrogens is 446 g/mol. The molecule has 0 saturated heterocycles. The number of hydrogen-bond donors (Lipinski definition) is 0. The van der Waals surface area contributed by atoms with Crippen LogP contribution in [0.25, 0.3) is 11.3 Å². The van der Waals surface area contributed by atoms with E-state index in [-0.39, 0.29) is 6.42 Å². The molecule has 0 bridgehead atoms. The first-order chi connectivity index (χ1) is 15.2. The molecule has 170 valence electrons. The van der Waals surface area contributed by atoms with Crippen molar-refractivity contribution in [2.75, 3.05) is 13.8 Å². The topological polar surface area (TPSA) is 52.3 Å². The van der Waals surface area contributed by atoms with Crippen LogP contribution in [0, 0.1) is 6.92 Å². The molecule has 0 N–H and O–H groups in total. The van der Waals surface area contributed by atoms with E-state index < -0.39 is 30.3 Å². The second kappa shape index (κ2) is 10.2. The van der Waals surface area contributed by atoms with Gasteiger partial charge >= 0.3 is 12.1 Å². The van der Waals surface area contributed by atoms with Crippen LogP contribution >= 0.6 is 11.8 Å². The second-order valence-corrected chi connectivity index (χ2v) is 8.20. The highest BCUT2D eigenvalue weighted by Gasteiger charge is 2.30. The molecule has 3 rings (SSSR count). The Balaban J connectivity index is 1.65. The molecule has 0 aliphatic carbocycles. The van der Waals surface area contributed by atoms with Crippen molar-refractivity contribution in [3.05, 3.63) is 70.9 Å². The first-order valence-corrected chi connectivity index (χ1v) is 10.7. The molecule has 0 fully saturated rings. The Morgan fingerprint density at radius 1 is 1.12 bits per heavy atom. The van der Waals surface area contributed by atoms with E-state index in [4.69, 9.17) is 4.52 Å². The van der Waals surface area contributed by atoms with E-state index in [1.165, 1.54) is 31.0 Å². The van der Waals surface area contributed by atoms with Gasteiger partial charge in [-0.1, -0.05) is 29.4 Å². The Morgan fingerprint density at radius 3 is 2.34 bits per heavy atom. The predicted octanol–water partition coefficient (Wildman–Crippen LogP) is 6.58. The van der Waals surface area contributed by atoms with Gasteiger partial charge < -0.3 is 9.26 Å². The number of aromatic nitrogens is 1. The molecule has 1 aromatic heterocycles. The van der Waals surface area contributed by atoms with E-state index in [0.29, 0.717) is 28.3 Å². The van der Waals surface area contributed by atoms with Gasteiger partial charge in [0, 0.05) is 27.7 Å². The fraction of sp³-hybridized carbons (Fsp3) is 0.304. The lowest BCUT2D eigenvalue weighted by Gasteiger charge is -2.12. The second-order valence-electron chi connectivity index (χ2n) is 7.15. The number of halogens is 4.